The van der Waals surface area contributed by atoms with E-state index < -0.39 is 0 Å². The number of benzene rings is 2. The average Bonchev–Trinajstić information content (AvgIpc) is 3.46. The van der Waals surface area contributed by atoms with E-state index in [2.05, 4.69) is 15.1 Å². The number of thiazole rings is 1. The van der Waals surface area contributed by atoms with Gasteiger partial charge in [0.15, 0.2) is 0 Å². The molecule has 5 aromatic rings. The number of carbonyl (C=O) groups excluding carboxylic acids is 2. The number of hydrogen-bond donors (Lipinski definition) is 1. The Bertz CT molecular complexity index is 1680. The molecular weight excluding hydrogens is 498 g/mol. The van der Waals surface area contributed by atoms with Crippen molar-refractivity contribution in [3.8, 4) is 0 Å². The van der Waals surface area contributed by atoms with E-state index in [1.807, 2.05) is 19.2 Å². The van der Waals surface area contributed by atoms with Crippen LogP contribution in [-0.2, 0) is 18.4 Å². The summed E-state index contributed by atoms with van der Waals surface area (Å²) in [7, 11) is 1.83. The van der Waals surface area contributed by atoms with E-state index in [1.54, 1.807) is 40.2 Å². The molecule has 0 spiro atoms. The summed E-state index contributed by atoms with van der Waals surface area (Å²) in [6.45, 7) is 0.666. The molecule has 11 heteroatoms. The predicted octanol–water partition coefficient (Wildman–Crippen LogP) is 4.54. The van der Waals surface area contributed by atoms with Crippen molar-refractivity contribution in [2.24, 2.45) is 7.05 Å². The third kappa shape index (κ3) is 3.82. The first-order valence-electron chi connectivity index (χ1n) is 11.6. The monoisotopic (exact) mass is 519 g/mol. The van der Waals surface area contributed by atoms with Gasteiger partial charge in [-0.2, -0.15) is 5.10 Å². The van der Waals surface area contributed by atoms with Gasteiger partial charge in [0.05, 0.1) is 39.4 Å². The Hall–Kier alpha value is -3.76. The van der Waals surface area contributed by atoms with Crippen molar-refractivity contribution in [2.75, 3.05) is 12.3 Å². The number of halogens is 1. The number of hydrazine groups is 1. The number of hydrogen-bond acceptors (Lipinski definition) is 7. The van der Waals surface area contributed by atoms with Gasteiger partial charge in [-0.1, -0.05) is 11.6 Å². The number of carbonyl (C=O) groups is 2. The third-order valence-electron chi connectivity index (χ3n) is 6.46. The number of amides is 2. The summed E-state index contributed by atoms with van der Waals surface area (Å²) in [5.74, 6) is 0.0424. The average molecular weight is 520 g/mol. The van der Waals surface area contributed by atoms with Gasteiger partial charge in [0, 0.05) is 36.0 Å². The summed E-state index contributed by atoms with van der Waals surface area (Å²) >= 11 is 7.62. The second-order valence-corrected chi connectivity index (χ2v) is 10.4. The highest BCUT2D eigenvalue weighted by atomic mass is 35.5. The van der Waals surface area contributed by atoms with Crippen LogP contribution in [0, 0.1) is 0 Å². The van der Waals surface area contributed by atoms with Crippen molar-refractivity contribution in [1.29, 1.82) is 0 Å². The molecule has 2 aromatic carbocycles. The molecule has 0 aliphatic carbocycles. The lowest BCUT2D eigenvalue weighted by Gasteiger charge is -2.36. The first-order valence-corrected chi connectivity index (χ1v) is 12.8. The number of rotatable bonds is 4. The Balaban J connectivity index is 1.43. The number of nitrogens with two attached hydrogens (primary N) is 1. The SMILES string of the molecule is Cn1ncc2c(N)nc3ccc(C(=O)N(Cc4nc5cc(Cl)ccc5s4)N4CCCCC4=O)cc3c21. The Labute approximate surface area is 215 Å². The van der Waals surface area contributed by atoms with Crippen molar-refractivity contribution in [3.05, 3.63) is 58.2 Å². The number of nitrogens with zero attached hydrogens (tertiary/aromatic N) is 6. The number of fused-ring (bicyclic) bond motifs is 4. The first-order chi connectivity index (χ1) is 17.4. The molecule has 0 atom stereocenters. The minimum atomic E-state index is -0.281. The molecule has 0 radical (unpaired) electrons. The van der Waals surface area contributed by atoms with Gasteiger partial charge in [-0.3, -0.25) is 19.3 Å². The highest BCUT2D eigenvalue weighted by molar-refractivity contribution is 7.18. The molecule has 0 unspecified atom stereocenters. The van der Waals surface area contributed by atoms with Crippen LogP contribution in [0.1, 0.15) is 34.6 Å². The maximum atomic E-state index is 14.0. The van der Waals surface area contributed by atoms with Crippen LogP contribution in [0.15, 0.2) is 42.6 Å². The zero-order valence-electron chi connectivity index (χ0n) is 19.4. The van der Waals surface area contributed by atoms with Gasteiger partial charge < -0.3 is 5.73 Å². The van der Waals surface area contributed by atoms with Crippen molar-refractivity contribution in [2.45, 2.75) is 25.8 Å². The molecule has 2 amide bonds. The molecule has 9 nitrogen and oxygen atoms in total. The number of nitrogen functional groups attached to an aromatic ring is 1. The smallest absolute Gasteiger partial charge is 0.272 e. The van der Waals surface area contributed by atoms with Gasteiger partial charge in [-0.15, -0.1) is 11.3 Å². The van der Waals surface area contributed by atoms with Crippen LogP contribution in [0.5, 0.6) is 0 Å². The topological polar surface area (TPSA) is 110 Å². The molecule has 1 aliphatic heterocycles. The minimum absolute atomic E-state index is 0.0667. The highest BCUT2D eigenvalue weighted by Gasteiger charge is 2.30. The predicted molar refractivity (Wildman–Crippen MR) is 140 cm³/mol. The summed E-state index contributed by atoms with van der Waals surface area (Å²) in [5, 5.41) is 10.2. The molecule has 4 heterocycles. The Morgan fingerprint density at radius 1 is 1.14 bits per heavy atom. The molecule has 0 saturated carbocycles. The number of aromatic nitrogens is 4. The molecule has 6 rings (SSSR count). The molecule has 1 fully saturated rings. The molecule has 1 aliphatic rings. The number of anilines is 1. The van der Waals surface area contributed by atoms with Crippen molar-refractivity contribution in [3.63, 3.8) is 0 Å². The van der Waals surface area contributed by atoms with Crippen LogP contribution in [0.25, 0.3) is 32.0 Å². The van der Waals surface area contributed by atoms with Crippen LogP contribution in [0.3, 0.4) is 0 Å². The maximum Gasteiger partial charge on any atom is 0.272 e. The van der Waals surface area contributed by atoms with Gasteiger partial charge in [-0.25, -0.2) is 15.0 Å². The van der Waals surface area contributed by atoms with Crippen LogP contribution in [-0.4, -0.2) is 48.1 Å². The minimum Gasteiger partial charge on any atom is -0.383 e. The van der Waals surface area contributed by atoms with Gasteiger partial charge in [0.2, 0.25) is 5.91 Å². The molecule has 36 heavy (non-hydrogen) atoms. The van der Waals surface area contributed by atoms with Gasteiger partial charge >= 0.3 is 0 Å². The summed E-state index contributed by atoms with van der Waals surface area (Å²) in [4.78, 5) is 36.0. The van der Waals surface area contributed by atoms with Gasteiger partial charge in [0.25, 0.3) is 5.91 Å². The number of aryl methyl sites for hydroxylation is 1. The largest absolute Gasteiger partial charge is 0.383 e. The lowest BCUT2D eigenvalue weighted by Crippen LogP contribution is -2.51. The zero-order valence-corrected chi connectivity index (χ0v) is 21.0. The number of piperidine rings is 1. The van der Waals surface area contributed by atoms with E-state index in [1.165, 1.54) is 16.3 Å². The summed E-state index contributed by atoms with van der Waals surface area (Å²) in [5.41, 5.74) is 8.81. The lowest BCUT2D eigenvalue weighted by atomic mass is 10.1. The molecule has 1 saturated heterocycles. The quantitative estimate of drug-likeness (QED) is 0.373. The number of pyridine rings is 1. The summed E-state index contributed by atoms with van der Waals surface area (Å²) in [6, 6.07) is 10.8. The molecule has 3 aromatic heterocycles. The van der Waals surface area contributed by atoms with Crippen molar-refractivity contribution in [1.82, 2.24) is 29.8 Å². The van der Waals surface area contributed by atoms with E-state index in [-0.39, 0.29) is 18.4 Å². The zero-order chi connectivity index (χ0) is 25.0. The fraction of sp³-hybridized carbons (Fsp3) is 0.240. The second kappa shape index (κ2) is 8.72. The van der Waals surface area contributed by atoms with E-state index >= 15 is 0 Å². The molecular formula is C25H22ClN7O2S. The van der Waals surface area contributed by atoms with Crippen LogP contribution in [0.4, 0.5) is 5.82 Å². The standard InChI is InChI=1S/C25H22ClN7O2S/c1-31-23-16-10-14(5-7-18(16)30-24(27)17(23)12-28-31)25(35)33(32-9-3-2-4-22(32)34)13-21-29-19-11-15(26)6-8-20(19)36-21/h5-8,10-12H,2-4,9,13H2,1H3,(H2,27,30). The summed E-state index contributed by atoms with van der Waals surface area (Å²) in [6.07, 6.45) is 3.74. The fourth-order valence-electron chi connectivity index (χ4n) is 4.70. The lowest BCUT2D eigenvalue weighted by molar-refractivity contribution is -0.148. The molecule has 182 valence electrons. The highest BCUT2D eigenvalue weighted by Crippen LogP contribution is 2.30. The Morgan fingerprint density at radius 2 is 2.00 bits per heavy atom. The van der Waals surface area contributed by atoms with E-state index in [9.17, 15) is 9.59 Å². The Kier molecular flexibility index (Phi) is 5.50. The normalized spacial score (nSPS) is 14.3. The van der Waals surface area contributed by atoms with Crippen LogP contribution in [0.2, 0.25) is 5.02 Å². The van der Waals surface area contributed by atoms with Crippen molar-refractivity contribution >= 4 is 72.6 Å². The maximum absolute atomic E-state index is 14.0. The van der Waals surface area contributed by atoms with Crippen molar-refractivity contribution < 1.29 is 9.59 Å². The van der Waals surface area contributed by atoms with Crippen LogP contribution >= 0.6 is 22.9 Å². The fourth-order valence-corrected chi connectivity index (χ4v) is 5.79. The third-order valence-corrected chi connectivity index (χ3v) is 7.71. The van der Waals surface area contributed by atoms with Gasteiger partial charge in [0.1, 0.15) is 10.8 Å². The molecule has 0 bridgehead atoms. The van der Waals surface area contributed by atoms with Gasteiger partial charge in [-0.05, 0) is 49.2 Å². The first kappa shape index (κ1) is 22.7. The molecule has 2 N–H and O–H groups in total. The van der Waals surface area contributed by atoms with Crippen LogP contribution < -0.4 is 5.73 Å². The Morgan fingerprint density at radius 3 is 2.83 bits per heavy atom. The van der Waals surface area contributed by atoms with E-state index in [0.717, 1.165) is 44.4 Å². The van der Waals surface area contributed by atoms with E-state index in [4.69, 9.17) is 17.3 Å². The van der Waals surface area contributed by atoms with E-state index in [0.29, 0.717) is 34.9 Å². The summed E-state index contributed by atoms with van der Waals surface area (Å²) < 4.78 is 2.70. The second-order valence-electron chi connectivity index (χ2n) is 8.82.